The van der Waals surface area contributed by atoms with Gasteiger partial charge in [0.2, 0.25) is 0 Å². The molecule has 4 saturated carbocycles. The monoisotopic (exact) mass is 456 g/mol. The standard InChI is InChI=1S/C30H48O3/c1-25(2)14-16-30(24(32)33)17-15-28(6)19(20(30)18-25)8-9-22-27(5)12-11-23(31)26(3,4)21(27)10-13-29(22,28)7/h8,20-23,31H,9-18H2,1-7H3,(H,32,33)/t20-,21-,22-,23-,27-,28-,29-,30-/m1/s1. The van der Waals surface area contributed by atoms with Gasteiger partial charge in [-0.05, 0) is 109 Å². The normalized spacial score (nSPS) is 52.4. The average molecular weight is 457 g/mol. The van der Waals surface area contributed by atoms with Crippen LogP contribution in [0.25, 0.3) is 0 Å². The van der Waals surface area contributed by atoms with Gasteiger partial charge in [0.15, 0.2) is 0 Å². The van der Waals surface area contributed by atoms with Crippen LogP contribution in [0, 0.1) is 50.2 Å². The quantitative estimate of drug-likeness (QED) is 0.409. The van der Waals surface area contributed by atoms with E-state index in [2.05, 4.69) is 54.5 Å². The zero-order chi connectivity index (χ0) is 24.2. The van der Waals surface area contributed by atoms with Gasteiger partial charge in [0.1, 0.15) is 0 Å². The Kier molecular flexibility index (Phi) is 4.99. The van der Waals surface area contributed by atoms with Gasteiger partial charge in [-0.15, -0.1) is 0 Å². The largest absolute Gasteiger partial charge is 0.481 e. The summed E-state index contributed by atoms with van der Waals surface area (Å²) in [6.07, 6.45) is 12.6. The van der Waals surface area contributed by atoms with Crippen molar-refractivity contribution < 1.29 is 15.0 Å². The van der Waals surface area contributed by atoms with E-state index in [1.54, 1.807) is 0 Å². The predicted octanol–water partition coefficient (Wildman–Crippen LogP) is 7.23. The summed E-state index contributed by atoms with van der Waals surface area (Å²) in [6.45, 7) is 16.9. The molecule has 0 saturated heterocycles. The average Bonchev–Trinajstić information content (AvgIpc) is 2.71. The van der Waals surface area contributed by atoms with Crippen molar-refractivity contribution in [1.82, 2.24) is 0 Å². The first-order chi connectivity index (χ1) is 15.1. The van der Waals surface area contributed by atoms with E-state index in [1.165, 1.54) is 18.4 Å². The Labute approximate surface area is 201 Å². The lowest BCUT2D eigenvalue weighted by molar-refractivity contribution is -0.205. The van der Waals surface area contributed by atoms with Crippen LogP contribution in [0.5, 0.6) is 0 Å². The van der Waals surface area contributed by atoms with Crippen LogP contribution in [0.4, 0.5) is 0 Å². The predicted molar refractivity (Wildman–Crippen MR) is 133 cm³/mol. The van der Waals surface area contributed by atoms with Gasteiger partial charge in [-0.3, -0.25) is 4.79 Å². The van der Waals surface area contributed by atoms with Gasteiger partial charge in [-0.25, -0.2) is 0 Å². The topological polar surface area (TPSA) is 57.5 Å². The number of carboxylic acids is 1. The van der Waals surface area contributed by atoms with E-state index in [4.69, 9.17) is 0 Å². The summed E-state index contributed by atoms with van der Waals surface area (Å²) in [5, 5.41) is 21.4. The van der Waals surface area contributed by atoms with Crippen molar-refractivity contribution in [2.45, 2.75) is 119 Å². The molecule has 2 N–H and O–H groups in total. The molecule has 0 spiro atoms. The van der Waals surface area contributed by atoms with E-state index in [0.717, 1.165) is 51.4 Å². The van der Waals surface area contributed by atoms with E-state index in [1.807, 2.05) is 0 Å². The Bertz CT molecular complexity index is 885. The minimum atomic E-state index is -0.553. The summed E-state index contributed by atoms with van der Waals surface area (Å²) in [5.74, 6) is 0.807. The van der Waals surface area contributed by atoms with Gasteiger partial charge < -0.3 is 10.2 Å². The number of rotatable bonds is 1. The first-order valence-electron chi connectivity index (χ1n) is 13.8. The maximum absolute atomic E-state index is 12.8. The second-order valence-corrected chi connectivity index (χ2v) is 15.1. The van der Waals surface area contributed by atoms with Gasteiger partial charge in [0.25, 0.3) is 0 Å². The number of carboxylic acid groups (broad SMARTS) is 1. The molecule has 186 valence electrons. The Morgan fingerprint density at radius 3 is 2.21 bits per heavy atom. The molecule has 5 aliphatic carbocycles. The molecule has 0 heterocycles. The Morgan fingerprint density at radius 1 is 0.879 bits per heavy atom. The molecule has 0 radical (unpaired) electrons. The van der Waals surface area contributed by atoms with Crippen LogP contribution in [0.15, 0.2) is 11.6 Å². The molecule has 0 aromatic rings. The highest BCUT2D eigenvalue weighted by Gasteiger charge is 2.69. The maximum atomic E-state index is 12.8. The summed E-state index contributed by atoms with van der Waals surface area (Å²) >= 11 is 0. The van der Waals surface area contributed by atoms with Crippen molar-refractivity contribution >= 4 is 5.97 Å². The second-order valence-electron chi connectivity index (χ2n) is 15.1. The highest BCUT2D eigenvalue weighted by atomic mass is 16.4. The Hall–Kier alpha value is -0.830. The molecule has 0 amide bonds. The van der Waals surface area contributed by atoms with Crippen LogP contribution in [-0.2, 0) is 4.79 Å². The minimum Gasteiger partial charge on any atom is -0.481 e. The molecule has 4 fully saturated rings. The van der Waals surface area contributed by atoms with Crippen LogP contribution in [0.2, 0.25) is 0 Å². The molecule has 0 unspecified atom stereocenters. The number of hydrogen-bond acceptors (Lipinski definition) is 2. The molecule has 3 nitrogen and oxygen atoms in total. The number of hydrogen-bond donors (Lipinski definition) is 2. The molecule has 5 aliphatic rings. The van der Waals surface area contributed by atoms with Crippen LogP contribution in [-0.4, -0.2) is 22.3 Å². The Balaban J connectivity index is 1.60. The molecule has 5 rings (SSSR count). The summed E-state index contributed by atoms with van der Waals surface area (Å²) in [5.41, 5.74) is 1.68. The van der Waals surface area contributed by atoms with Gasteiger partial charge in [0, 0.05) is 0 Å². The number of aliphatic hydroxyl groups excluding tert-OH is 1. The third kappa shape index (κ3) is 2.87. The van der Waals surface area contributed by atoms with E-state index >= 15 is 0 Å². The van der Waals surface area contributed by atoms with E-state index in [9.17, 15) is 15.0 Å². The smallest absolute Gasteiger partial charge is 0.310 e. The molecule has 0 aromatic heterocycles. The summed E-state index contributed by atoms with van der Waals surface area (Å²) in [7, 11) is 0. The highest BCUT2D eigenvalue weighted by Crippen LogP contribution is 2.75. The fraction of sp³-hybridized carbons (Fsp3) is 0.900. The van der Waals surface area contributed by atoms with Gasteiger partial charge in [-0.1, -0.05) is 60.1 Å². The maximum Gasteiger partial charge on any atom is 0.310 e. The number of allylic oxidation sites excluding steroid dienone is 2. The van der Waals surface area contributed by atoms with Crippen LogP contribution in [0.1, 0.15) is 113 Å². The molecule has 0 aliphatic heterocycles. The molecule has 0 bridgehead atoms. The molecular weight excluding hydrogens is 408 g/mol. The van der Waals surface area contributed by atoms with E-state index < -0.39 is 11.4 Å². The van der Waals surface area contributed by atoms with E-state index in [0.29, 0.717) is 11.8 Å². The lowest BCUT2D eigenvalue weighted by Gasteiger charge is -2.71. The van der Waals surface area contributed by atoms with Crippen molar-refractivity contribution in [2.75, 3.05) is 0 Å². The molecular formula is C30H48O3. The van der Waals surface area contributed by atoms with Crippen LogP contribution in [0.3, 0.4) is 0 Å². The zero-order valence-corrected chi connectivity index (χ0v) is 22.3. The Morgan fingerprint density at radius 2 is 1.55 bits per heavy atom. The van der Waals surface area contributed by atoms with Crippen LogP contribution >= 0.6 is 0 Å². The second kappa shape index (κ2) is 6.89. The molecule has 3 heteroatoms. The van der Waals surface area contributed by atoms with Crippen molar-refractivity contribution in [2.24, 2.45) is 50.2 Å². The van der Waals surface area contributed by atoms with Crippen molar-refractivity contribution in [1.29, 1.82) is 0 Å². The summed E-state index contributed by atoms with van der Waals surface area (Å²) < 4.78 is 0. The fourth-order valence-corrected chi connectivity index (χ4v) is 10.6. The summed E-state index contributed by atoms with van der Waals surface area (Å²) in [6, 6.07) is 0. The lowest BCUT2D eigenvalue weighted by Crippen LogP contribution is -2.65. The SMILES string of the molecule is CC1(C)CC[C@@]2(C(=O)O)CC[C@]3(C)C(=CC[C@@H]4[C@]5(C)CC[C@@H](O)C(C)(C)[C@H]5CC[C@]43C)[C@H]2C1. The fourth-order valence-electron chi connectivity index (χ4n) is 10.6. The number of fused-ring (bicyclic) bond motifs is 7. The highest BCUT2D eigenvalue weighted by molar-refractivity contribution is 5.76. The van der Waals surface area contributed by atoms with Crippen molar-refractivity contribution in [3.8, 4) is 0 Å². The number of carbonyl (C=O) groups is 1. The molecule has 8 atom stereocenters. The number of aliphatic hydroxyl groups is 1. The lowest BCUT2D eigenvalue weighted by atomic mass is 9.33. The minimum absolute atomic E-state index is 0.0301. The molecule has 0 aromatic carbocycles. The van der Waals surface area contributed by atoms with Gasteiger partial charge in [-0.2, -0.15) is 0 Å². The zero-order valence-electron chi connectivity index (χ0n) is 22.3. The van der Waals surface area contributed by atoms with E-state index in [-0.39, 0.29) is 39.1 Å². The van der Waals surface area contributed by atoms with Gasteiger partial charge >= 0.3 is 5.97 Å². The number of aliphatic carboxylic acids is 1. The van der Waals surface area contributed by atoms with Crippen molar-refractivity contribution in [3.63, 3.8) is 0 Å². The third-order valence-electron chi connectivity index (χ3n) is 13.0. The van der Waals surface area contributed by atoms with Crippen LogP contribution < -0.4 is 0 Å². The first-order valence-corrected chi connectivity index (χ1v) is 13.8. The third-order valence-corrected chi connectivity index (χ3v) is 13.0. The summed E-state index contributed by atoms with van der Waals surface area (Å²) in [4.78, 5) is 12.8. The van der Waals surface area contributed by atoms with Gasteiger partial charge in [0.05, 0.1) is 11.5 Å². The first kappa shape index (κ1) is 23.9. The molecule has 33 heavy (non-hydrogen) atoms. The van der Waals surface area contributed by atoms with Crippen molar-refractivity contribution in [3.05, 3.63) is 11.6 Å².